The molecule has 2 heteroatoms. The van der Waals surface area contributed by atoms with Crippen molar-refractivity contribution in [1.29, 1.82) is 0 Å². The Balaban J connectivity index is 1.93. The summed E-state index contributed by atoms with van der Waals surface area (Å²) in [4.78, 5) is 14.3. The molecule has 0 spiro atoms. The van der Waals surface area contributed by atoms with Gasteiger partial charge in [-0.1, -0.05) is 48.6 Å². The van der Waals surface area contributed by atoms with Gasteiger partial charge in [-0.15, -0.1) is 0 Å². The van der Waals surface area contributed by atoms with Crippen molar-refractivity contribution in [2.75, 3.05) is 4.90 Å². The summed E-state index contributed by atoms with van der Waals surface area (Å²) in [6.45, 7) is 0. The maximum Gasteiger partial charge on any atom is 0.234 e. The van der Waals surface area contributed by atoms with Gasteiger partial charge in [0.1, 0.15) is 0 Å². The van der Waals surface area contributed by atoms with E-state index in [2.05, 4.69) is 36.4 Å². The molecule has 1 heterocycles. The third-order valence-electron chi connectivity index (χ3n) is 3.97. The molecule has 2 atom stereocenters. The monoisotopic (exact) mass is 235 g/mol. The van der Waals surface area contributed by atoms with Gasteiger partial charge in [0.15, 0.2) is 0 Å². The molecular weight excluding hydrogens is 222 g/mol. The molecule has 1 amide bonds. The Morgan fingerprint density at radius 3 is 2.67 bits per heavy atom. The third-order valence-corrected chi connectivity index (χ3v) is 3.97. The Bertz CT molecular complexity index is 668. The Kier molecular flexibility index (Phi) is 1.90. The average Bonchev–Trinajstić information content (AvgIpc) is 2.99. The molecule has 4 rings (SSSR count). The van der Waals surface area contributed by atoms with Gasteiger partial charge in [-0.25, -0.2) is 0 Å². The minimum atomic E-state index is 0.106. The van der Waals surface area contributed by atoms with Gasteiger partial charge in [-0.2, -0.15) is 0 Å². The van der Waals surface area contributed by atoms with Crippen molar-refractivity contribution in [2.24, 2.45) is 5.92 Å². The smallest absolute Gasteiger partial charge is 0.234 e. The van der Waals surface area contributed by atoms with E-state index in [1.54, 1.807) is 0 Å². The second-order valence-electron chi connectivity index (χ2n) is 5.00. The summed E-state index contributed by atoms with van der Waals surface area (Å²) in [6.07, 6.45) is 5.16. The van der Waals surface area contributed by atoms with Gasteiger partial charge in [0.25, 0.3) is 0 Å². The van der Waals surface area contributed by atoms with Crippen LogP contribution in [0.15, 0.2) is 54.6 Å². The van der Waals surface area contributed by atoms with Gasteiger partial charge in [0.2, 0.25) is 5.91 Å². The summed E-state index contributed by atoms with van der Waals surface area (Å²) in [5.41, 5.74) is 1.05. The van der Waals surface area contributed by atoms with E-state index in [0.29, 0.717) is 0 Å². The van der Waals surface area contributed by atoms with Crippen LogP contribution in [-0.4, -0.2) is 11.9 Å². The molecule has 2 bridgehead atoms. The van der Waals surface area contributed by atoms with Crippen molar-refractivity contribution in [3.05, 3.63) is 54.6 Å². The number of benzene rings is 2. The summed E-state index contributed by atoms with van der Waals surface area (Å²) >= 11 is 0. The molecule has 0 saturated carbocycles. The van der Waals surface area contributed by atoms with Gasteiger partial charge in [-0.3, -0.25) is 4.79 Å². The van der Waals surface area contributed by atoms with Crippen LogP contribution in [0.3, 0.4) is 0 Å². The second kappa shape index (κ2) is 3.45. The lowest BCUT2D eigenvalue weighted by molar-refractivity contribution is -0.119. The zero-order chi connectivity index (χ0) is 12.1. The fourth-order valence-corrected chi connectivity index (χ4v) is 3.11. The Hall–Kier alpha value is -2.09. The molecule has 1 aliphatic carbocycles. The topological polar surface area (TPSA) is 20.3 Å². The van der Waals surface area contributed by atoms with E-state index in [4.69, 9.17) is 0 Å². The molecule has 18 heavy (non-hydrogen) atoms. The lowest BCUT2D eigenvalue weighted by Gasteiger charge is -2.25. The molecule has 1 fully saturated rings. The van der Waals surface area contributed by atoms with Gasteiger partial charge in [-0.05, 0) is 17.9 Å². The van der Waals surface area contributed by atoms with Crippen molar-refractivity contribution in [3.8, 4) is 0 Å². The largest absolute Gasteiger partial charge is 0.304 e. The molecular formula is C16H13NO. The first-order chi connectivity index (χ1) is 8.84. The standard InChI is InChI=1S/C16H13NO/c18-16-12-8-9-13(10-12)17(16)15-7-3-5-11-4-1-2-6-14(11)15/h1-9,12-13H,10H2. The van der Waals surface area contributed by atoms with E-state index in [0.717, 1.165) is 17.5 Å². The van der Waals surface area contributed by atoms with Crippen LogP contribution in [0.4, 0.5) is 5.69 Å². The normalized spacial score (nSPS) is 25.3. The fraction of sp³-hybridized carbons (Fsp3) is 0.188. The predicted molar refractivity (Wildman–Crippen MR) is 72.5 cm³/mol. The van der Waals surface area contributed by atoms with Crippen molar-refractivity contribution >= 4 is 22.4 Å². The van der Waals surface area contributed by atoms with E-state index in [1.807, 2.05) is 23.1 Å². The number of hydrogen-bond donors (Lipinski definition) is 0. The van der Waals surface area contributed by atoms with E-state index >= 15 is 0 Å². The summed E-state index contributed by atoms with van der Waals surface area (Å²) in [5.74, 6) is 0.354. The van der Waals surface area contributed by atoms with Crippen LogP contribution in [-0.2, 0) is 4.79 Å². The molecule has 1 aliphatic heterocycles. The minimum absolute atomic E-state index is 0.106. The highest BCUT2D eigenvalue weighted by atomic mass is 16.2. The molecule has 0 N–H and O–H groups in total. The van der Waals surface area contributed by atoms with Crippen molar-refractivity contribution in [2.45, 2.75) is 12.5 Å². The highest BCUT2D eigenvalue weighted by Gasteiger charge is 2.41. The first kappa shape index (κ1) is 9.89. The third kappa shape index (κ3) is 1.20. The van der Waals surface area contributed by atoms with Crippen molar-refractivity contribution in [3.63, 3.8) is 0 Å². The number of anilines is 1. The fourth-order valence-electron chi connectivity index (χ4n) is 3.11. The second-order valence-corrected chi connectivity index (χ2v) is 5.00. The van der Waals surface area contributed by atoms with Crippen molar-refractivity contribution < 1.29 is 4.79 Å². The van der Waals surface area contributed by atoms with Crippen LogP contribution < -0.4 is 4.90 Å². The van der Waals surface area contributed by atoms with Crippen LogP contribution in [0.1, 0.15) is 6.42 Å². The highest BCUT2D eigenvalue weighted by Crippen LogP contribution is 2.39. The molecule has 2 unspecified atom stereocenters. The average molecular weight is 235 g/mol. The maximum absolute atomic E-state index is 12.3. The van der Waals surface area contributed by atoms with Crippen LogP contribution in [0.25, 0.3) is 10.8 Å². The van der Waals surface area contributed by atoms with Gasteiger partial charge >= 0.3 is 0 Å². The van der Waals surface area contributed by atoms with E-state index in [-0.39, 0.29) is 17.9 Å². The summed E-state index contributed by atoms with van der Waals surface area (Å²) in [7, 11) is 0. The lowest BCUT2D eigenvalue weighted by atomic mass is 10.1. The van der Waals surface area contributed by atoms with Crippen molar-refractivity contribution in [1.82, 2.24) is 0 Å². The number of carbonyl (C=O) groups is 1. The molecule has 88 valence electrons. The number of hydrogen-bond acceptors (Lipinski definition) is 1. The number of nitrogens with zero attached hydrogens (tertiary/aromatic N) is 1. The Morgan fingerprint density at radius 1 is 1.00 bits per heavy atom. The molecule has 2 aromatic carbocycles. The number of fused-ring (bicyclic) bond motifs is 3. The van der Waals surface area contributed by atoms with E-state index in [1.165, 1.54) is 5.39 Å². The SMILES string of the molecule is O=C1C2C=CC(C2)N1c1cccc2ccccc12. The van der Waals surface area contributed by atoms with Gasteiger partial charge in [0.05, 0.1) is 17.6 Å². The lowest BCUT2D eigenvalue weighted by Crippen LogP contribution is -2.34. The zero-order valence-corrected chi connectivity index (χ0v) is 9.91. The molecule has 2 nitrogen and oxygen atoms in total. The minimum Gasteiger partial charge on any atom is -0.304 e. The molecule has 0 radical (unpaired) electrons. The van der Waals surface area contributed by atoms with Crippen LogP contribution in [0.2, 0.25) is 0 Å². The summed E-state index contributed by atoms with van der Waals surface area (Å²) < 4.78 is 0. The molecule has 2 aromatic rings. The predicted octanol–water partition coefficient (Wildman–Crippen LogP) is 3.13. The molecule has 2 aliphatic rings. The molecule has 0 aromatic heterocycles. The highest BCUT2D eigenvalue weighted by molar-refractivity contribution is 6.07. The maximum atomic E-state index is 12.3. The quantitative estimate of drug-likeness (QED) is 0.695. The number of amides is 1. The summed E-state index contributed by atoms with van der Waals surface area (Å²) in [5, 5.41) is 2.35. The van der Waals surface area contributed by atoms with Crippen LogP contribution >= 0.6 is 0 Å². The van der Waals surface area contributed by atoms with Gasteiger partial charge < -0.3 is 4.90 Å². The van der Waals surface area contributed by atoms with Gasteiger partial charge in [0, 0.05) is 5.39 Å². The zero-order valence-electron chi connectivity index (χ0n) is 9.91. The Labute approximate surface area is 106 Å². The number of carbonyl (C=O) groups excluding carboxylic acids is 1. The van der Waals surface area contributed by atoms with Crippen LogP contribution in [0, 0.1) is 5.92 Å². The van der Waals surface area contributed by atoms with Crippen LogP contribution in [0.5, 0.6) is 0 Å². The van der Waals surface area contributed by atoms with E-state index < -0.39 is 0 Å². The van der Waals surface area contributed by atoms with E-state index in [9.17, 15) is 4.79 Å². The molecule has 1 saturated heterocycles. The number of rotatable bonds is 1. The first-order valence-corrected chi connectivity index (χ1v) is 6.34. The summed E-state index contributed by atoms with van der Waals surface area (Å²) in [6, 6.07) is 14.7. The first-order valence-electron chi connectivity index (χ1n) is 6.34. The Morgan fingerprint density at radius 2 is 1.83 bits per heavy atom.